The van der Waals surface area contributed by atoms with Crippen LogP contribution in [0.15, 0.2) is 48.5 Å². The van der Waals surface area contributed by atoms with Gasteiger partial charge in [-0.2, -0.15) is 0 Å². The smallest absolute Gasteiger partial charge is 0.254 e. The third-order valence-electron chi connectivity index (χ3n) is 3.34. The van der Waals surface area contributed by atoms with Gasteiger partial charge in [0.2, 0.25) is 0 Å². The predicted octanol–water partition coefficient (Wildman–Crippen LogP) is 2.17. The molecule has 0 saturated carbocycles. The van der Waals surface area contributed by atoms with E-state index in [4.69, 9.17) is 5.73 Å². The molecule has 2 aromatic carbocycles. The van der Waals surface area contributed by atoms with Crippen molar-refractivity contribution >= 4 is 5.91 Å². The molecule has 0 aromatic heterocycles. The molecular formula is C17H20N2O2. The Bertz CT molecular complexity index is 626. The van der Waals surface area contributed by atoms with Crippen LogP contribution in [0.1, 0.15) is 21.5 Å². The van der Waals surface area contributed by atoms with Gasteiger partial charge in [-0.15, -0.1) is 0 Å². The number of hydrogen-bond donors (Lipinski definition) is 2. The number of carbonyl (C=O) groups excluding carboxylic acids is 1. The number of nitrogens with zero attached hydrogens (tertiary/aromatic N) is 1. The molecule has 2 aromatic rings. The summed E-state index contributed by atoms with van der Waals surface area (Å²) in [6.07, 6.45) is 0.682. The molecule has 110 valence electrons. The highest BCUT2D eigenvalue weighted by atomic mass is 16.3. The molecule has 0 atom stereocenters. The highest BCUT2D eigenvalue weighted by Crippen LogP contribution is 2.16. The maximum atomic E-state index is 12.6. The third-order valence-corrected chi connectivity index (χ3v) is 3.34. The lowest BCUT2D eigenvalue weighted by Crippen LogP contribution is -2.27. The van der Waals surface area contributed by atoms with E-state index in [-0.39, 0.29) is 11.7 Å². The Morgan fingerprint density at radius 2 is 1.95 bits per heavy atom. The lowest BCUT2D eigenvalue weighted by molar-refractivity contribution is 0.0784. The monoisotopic (exact) mass is 284 g/mol. The maximum Gasteiger partial charge on any atom is 0.254 e. The van der Waals surface area contributed by atoms with E-state index in [9.17, 15) is 9.90 Å². The molecule has 2 rings (SSSR count). The maximum absolute atomic E-state index is 12.6. The van der Waals surface area contributed by atoms with Crippen LogP contribution < -0.4 is 5.73 Å². The van der Waals surface area contributed by atoms with E-state index in [1.165, 1.54) is 0 Å². The summed E-state index contributed by atoms with van der Waals surface area (Å²) in [7, 11) is 1.76. The fraction of sp³-hybridized carbons (Fsp3) is 0.235. The van der Waals surface area contributed by atoms with Gasteiger partial charge in [-0.05, 0) is 42.3 Å². The van der Waals surface area contributed by atoms with Crippen LogP contribution in [-0.2, 0) is 13.0 Å². The zero-order valence-corrected chi connectivity index (χ0v) is 12.1. The molecule has 0 unspecified atom stereocenters. The molecule has 1 amide bonds. The lowest BCUT2D eigenvalue weighted by Gasteiger charge is -2.19. The summed E-state index contributed by atoms with van der Waals surface area (Å²) >= 11 is 0. The Morgan fingerprint density at radius 3 is 2.67 bits per heavy atom. The molecule has 0 radical (unpaired) electrons. The van der Waals surface area contributed by atoms with Crippen molar-refractivity contribution in [2.45, 2.75) is 13.0 Å². The van der Waals surface area contributed by atoms with E-state index in [1.54, 1.807) is 30.1 Å². The van der Waals surface area contributed by atoms with Crippen LogP contribution in [0.3, 0.4) is 0 Å². The van der Waals surface area contributed by atoms with Crippen molar-refractivity contribution in [1.29, 1.82) is 0 Å². The Balaban J connectivity index is 2.16. The highest BCUT2D eigenvalue weighted by Gasteiger charge is 2.15. The van der Waals surface area contributed by atoms with Gasteiger partial charge in [0.1, 0.15) is 5.75 Å². The van der Waals surface area contributed by atoms with Gasteiger partial charge in [-0.1, -0.05) is 30.3 Å². The summed E-state index contributed by atoms with van der Waals surface area (Å²) in [5.41, 5.74) is 8.14. The summed E-state index contributed by atoms with van der Waals surface area (Å²) in [6.45, 7) is 0.963. The summed E-state index contributed by atoms with van der Waals surface area (Å²) in [6, 6.07) is 14.5. The van der Waals surface area contributed by atoms with Gasteiger partial charge in [0.25, 0.3) is 5.91 Å². The largest absolute Gasteiger partial charge is 0.508 e. The van der Waals surface area contributed by atoms with Gasteiger partial charge in [-0.25, -0.2) is 0 Å². The minimum Gasteiger partial charge on any atom is -0.508 e. The van der Waals surface area contributed by atoms with E-state index in [1.807, 2.05) is 30.3 Å². The van der Waals surface area contributed by atoms with E-state index in [0.29, 0.717) is 25.1 Å². The quantitative estimate of drug-likeness (QED) is 0.884. The van der Waals surface area contributed by atoms with E-state index < -0.39 is 0 Å². The van der Waals surface area contributed by atoms with Crippen molar-refractivity contribution < 1.29 is 9.90 Å². The van der Waals surface area contributed by atoms with Crippen LogP contribution in [0.4, 0.5) is 0 Å². The van der Waals surface area contributed by atoms with Crippen molar-refractivity contribution in [3.63, 3.8) is 0 Å². The number of phenolic OH excluding ortho intramolecular Hbond substituents is 1. The van der Waals surface area contributed by atoms with Crippen LogP contribution in [0.2, 0.25) is 0 Å². The molecule has 0 aliphatic carbocycles. The number of carbonyl (C=O) groups is 1. The molecule has 0 heterocycles. The molecule has 3 N–H and O–H groups in total. The fourth-order valence-electron chi connectivity index (χ4n) is 2.31. The molecular weight excluding hydrogens is 264 g/mol. The van der Waals surface area contributed by atoms with E-state index in [2.05, 4.69) is 0 Å². The fourth-order valence-corrected chi connectivity index (χ4v) is 2.31. The Hall–Kier alpha value is -2.33. The number of benzene rings is 2. The first-order valence-electron chi connectivity index (χ1n) is 6.93. The van der Waals surface area contributed by atoms with Gasteiger partial charge in [0.05, 0.1) is 0 Å². The van der Waals surface area contributed by atoms with Crippen molar-refractivity contribution in [2.24, 2.45) is 5.73 Å². The molecule has 0 spiro atoms. The predicted molar refractivity (Wildman–Crippen MR) is 83.1 cm³/mol. The number of nitrogens with two attached hydrogens (primary N) is 1. The Morgan fingerprint density at radius 1 is 1.19 bits per heavy atom. The second-order valence-electron chi connectivity index (χ2n) is 5.03. The molecule has 0 bridgehead atoms. The number of hydrogen-bond acceptors (Lipinski definition) is 3. The van der Waals surface area contributed by atoms with Crippen LogP contribution in [0.25, 0.3) is 0 Å². The summed E-state index contributed by atoms with van der Waals surface area (Å²) < 4.78 is 0. The average molecular weight is 284 g/mol. The molecule has 0 fully saturated rings. The first-order valence-corrected chi connectivity index (χ1v) is 6.93. The minimum absolute atomic E-state index is 0.0395. The average Bonchev–Trinajstić information content (AvgIpc) is 2.47. The zero-order valence-electron chi connectivity index (χ0n) is 12.1. The topological polar surface area (TPSA) is 66.6 Å². The van der Waals surface area contributed by atoms with Crippen molar-refractivity contribution in [2.75, 3.05) is 13.6 Å². The van der Waals surface area contributed by atoms with Crippen molar-refractivity contribution in [3.8, 4) is 5.75 Å². The molecule has 0 aliphatic rings. The number of aromatic hydroxyl groups is 1. The zero-order chi connectivity index (χ0) is 15.2. The number of rotatable bonds is 5. The van der Waals surface area contributed by atoms with Crippen molar-refractivity contribution in [3.05, 3.63) is 65.2 Å². The molecule has 0 aliphatic heterocycles. The summed E-state index contributed by atoms with van der Waals surface area (Å²) in [5.74, 6) is 0.166. The highest BCUT2D eigenvalue weighted by molar-refractivity contribution is 5.95. The second kappa shape index (κ2) is 6.90. The van der Waals surface area contributed by atoms with E-state index in [0.717, 1.165) is 11.1 Å². The lowest BCUT2D eigenvalue weighted by atomic mass is 10.0. The molecule has 21 heavy (non-hydrogen) atoms. The van der Waals surface area contributed by atoms with Gasteiger partial charge < -0.3 is 15.7 Å². The molecule has 0 saturated heterocycles. The Kier molecular flexibility index (Phi) is 4.95. The Labute approximate surface area is 124 Å². The molecule has 4 nitrogen and oxygen atoms in total. The van der Waals surface area contributed by atoms with Gasteiger partial charge >= 0.3 is 0 Å². The SMILES string of the molecule is CN(Cc1cccc(O)c1)C(=O)c1ccccc1CCN. The first-order chi connectivity index (χ1) is 10.1. The number of amides is 1. The van der Waals surface area contributed by atoms with Crippen LogP contribution >= 0.6 is 0 Å². The second-order valence-corrected chi connectivity index (χ2v) is 5.03. The normalized spacial score (nSPS) is 10.4. The van der Waals surface area contributed by atoms with Crippen molar-refractivity contribution in [1.82, 2.24) is 4.90 Å². The summed E-state index contributed by atoms with van der Waals surface area (Å²) in [4.78, 5) is 14.2. The molecule has 4 heteroatoms. The standard InChI is InChI=1S/C17H20N2O2/c1-19(12-13-5-4-7-15(20)11-13)17(21)16-8-3-2-6-14(16)9-10-18/h2-8,11,20H,9-10,12,18H2,1H3. The van der Waals surface area contributed by atoms with Crippen LogP contribution in [-0.4, -0.2) is 29.5 Å². The van der Waals surface area contributed by atoms with Gasteiger partial charge in [-0.3, -0.25) is 4.79 Å². The minimum atomic E-state index is -0.0395. The first kappa shape index (κ1) is 15.1. The van der Waals surface area contributed by atoms with Gasteiger partial charge in [0, 0.05) is 19.2 Å². The third kappa shape index (κ3) is 3.83. The van der Waals surface area contributed by atoms with Crippen LogP contribution in [0.5, 0.6) is 5.75 Å². The van der Waals surface area contributed by atoms with Gasteiger partial charge in [0.15, 0.2) is 0 Å². The number of phenols is 1. The van der Waals surface area contributed by atoms with Crippen LogP contribution in [0, 0.1) is 0 Å². The summed E-state index contributed by atoms with van der Waals surface area (Å²) in [5, 5.41) is 9.48. The van der Waals surface area contributed by atoms with E-state index >= 15 is 0 Å².